The minimum Gasteiger partial charge on any atom is -0.377 e. The summed E-state index contributed by atoms with van der Waals surface area (Å²) in [6.45, 7) is 41.1. The third kappa shape index (κ3) is 5.29. The first-order chi connectivity index (χ1) is 18.7. The van der Waals surface area contributed by atoms with Crippen LogP contribution in [0.3, 0.4) is 0 Å². The Morgan fingerprint density at radius 3 is 0.902 bits per heavy atom. The molecule has 0 saturated heterocycles. The molecule has 0 aromatic carbocycles. The van der Waals surface area contributed by atoms with Crippen molar-refractivity contribution in [3.8, 4) is 0 Å². The highest BCUT2D eigenvalue weighted by Crippen LogP contribution is 2.78. The van der Waals surface area contributed by atoms with E-state index in [1.807, 2.05) is 28.4 Å². The molecule has 0 aromatic rings. The Morgan fingerprint density at radius 1 is 0.415 bits per heavy atom. The summed E-state index contributed by atoms with van der Waals surface area (Å²) in [5, 5.41) is 0. The van der Waals surface area contributed by atoms with Gasteiger partial charge >= 0.3 is 0 Å². The van der Waals surface area contributed by atoms with E-state index in [-0.39, 0.29) is 52.4 Å². The lowest BCUT2D eigenvalue weighted by molar-refractivity contribution is -0.422. The molecule has 0 aromatic heterocycles. The van der Waals surface area contributed by atoms with Gasteiger partial charge in [0.1, 0.15) is 6.10 Å². The Labute approximate surface area is 258 Å². The van der Waals surface area contributed by atoms with Gasteiger partial charge < -0.3 is 18.9 Å². The Hall–Kier alpha value is -0.160. The highest BCUT2D eigenvalue weighted by molar-refractivity contribution is 5.26. The van der Waals surface area contributed by atoms with Crippen LogP contribution in [0.25, 0.3) is 0 Å². The summed E-state index contributed by atoms with van der Waals surface area (Å²) in [7, 11) is 7.53. The van der Waals surface area contributed by atoms with Gasteiger partial charge in [-0.1, -0.05) is 124 Å². The van der Waals surface area contributed by atoms with Gasteiger partial charge in [0.15, 0.2) is 0 Å². The Kier molecular flexibility index (Phi) is 15.2. The SMILES string of the molecule is CCCC(OC)C(OC)(OC)C(C(C)C)(C(C)C)C(C(C)C)(C(C)C)C(C(C)C)(C(C)C)C(OC)(C(C)C)C(C)C. The second kappa shape index (κ2) is 15.2. The van der Waals surface area contributed by atoms with Crippen molar-refractivity contribution in [3.63, 3.8) is 0 Å². The van der Waals surface area contributed by atoms with Gasteiger partial charge in [0.05, 0.1) is 5.60 Å². The van der Waals surface area contributed by atoms with Gasteiger partial charge in [0, 0.05) is 39.3 Å². The molecule has 41 heavy (non-hydrogen) atoms. The lowest BCUT2D eigenvalue weighted by Crippen LogP contribution is -2.81. The fourth-order valence-electron chi connectivity index (χ4n) is 12.4. The second-order valence-corrected chi connectivity index (χ2v) is 15.4. The summed E-state index contributed by atoms with van der Waals surface area (Å²) in [6.07, 6.45) is 1.59. The molecule has 0 fully saturated rings. The van der Waals surface area contributed by atoms with Crippen molar-refractivity contribution in [1.29, 1.82) is 0 Å². The van der Waals surface area contributed by atoms with Crippen LogP contribution in [0, 0.1) is 63.6 Å². The minimum absolute atomic E-state index is 0.201. The molecule has 0 saturated carbocycles. The van der Waals surface area contributed by atoms with Gasteiger partial charge in [-0.25, -0.2) is 0 Å². The maximum absolute atomic E-state index is 7.11. The first-order valence-electron chi connectivity index (χ1n) is 16.9. The van der Waals surface area contributed by atoms with E-state index in [2.05, 4.69) is 118 Å². The normalized spacial score (nSPS) is 15.7. The molecule has 0 heterocycles. The minimum atomic E-state index is -1.00. The molecule has 0 aliphatic carbocycles. The predicted molar refractivity (Wildman–Crippen MR) is 178 cm³/mol. The summed E-state index contributed by atoms with van der Waals surface area (Å²) >= 11 is 0. The van der Waals surface area contributed by atoms with Crippen molar-refractivity contribution in [1.82, 2.24) is 0 Å². The highest BCUT2D eigenvalue weighted by Gasteiger charge is 2.80. The largest absolute Gasteiger partial charge is 0.377 e. The van der Waals surface area contributed by atoms with E-state index < -0.39 is 16.8 Å². The fourth-order valence-corrected chi connectivity index (χ4v) is 12.4. The first-order valence-corrected chi connectivity index (χ1v) is 16.9. The van der Waals surface area contributed by atoms with Gasteiger partial charge in [0.2, 0.25) is 5.79 Å². The maximum Gasteiger partial charge on any atom is 0.201 e. The lowest BCUT2D eigenvalue weighted by atomic mass is 9.28. The van der Waals surface area contributed by atoms with Crippen LogP contribution < -0.4 is 0 Å². The van der Waals surface area contributed by atoms with Crippen LogP contribution in [0.15, 0.2) is 0 Å². The Morgan fingerprint density at radius 2 is 0.732 bits per heavy atom. The molecular formula is C37H76O4. The molecule has 1 atom stereocenters. The zero-order chi connectivity index (χ0) is 32.9. The van der Waals surface area contributed by atoms with Crippen molar-refractivity contribution in [2.45, 2.75) is 148 Å². The van der Waals surface area contributed by atoms with Gasteiger partial charge in [0.25, 0.3) is 0 Å². The molecule has 0 bridgehead atoms. The highest BCUT2D eigenvalue weighted by atomic mass is 16.7. The summed E-state index contributed by atoms with van der Waals surface area (Å²) < 4.78 is 27.4. The molecular weight excluding hydrogens is 508 g/mol. The molecule has 0 spiro atoms. The van der Waals surface area contributed by atoms with Crippen molar-refractivity contribution in [2.24, 2.45) is 63.6 Å². The topological polar surface area (TPSA) is 36.9 Å². The molecule has 0 N–H and O–H groups in total. The summed E-state index contributed by atoms with van der Waals surface area (Å²) in [6, 6.07) is 0. The van der Waals surface area contributed by atoms with Crippen LogP contribution in [0.2, 0.25) is 0 Å². The fraction of sp³-hybridized carbons (Fsp3) is 1.00. The first kappa shape index (κ1) is 40.8. The number of methoxy groups -OCH3 is 4. The van der Waals surface area contributed by atoms with Gasteiger partial charge in [-0.15, -0.1) is 0 Å². The molecule has 0 amide bonds. The molecule has 4 nitrogen and oxygen atoms in total. The Bertz CT molecular complexity index is 710. The van der Waals surface area contributed by atoms with Crippen LogP contribution in [0.1, 0.15) is 131 Å². The number of ether oxygens (including phenoxy) is 4. The van der Waals surface area contributed by atoms with Crippen molar-refractivity contribution >= 4 is 0 Å². The predicted octanol–water partition coefficient (Wildman–Crippen LogP) is 10.4. The lowest BCUT2D eigenvalue weighted by Gasteiger charge is -2.78. The van der Waals surface area contributed by atoms with Crippen LogP contribution >= 0.6 is 0 Å². The van der Waals surface area contributed by atoms with E-state index in [1.54, 1.807) is 0 Å². The van der Waals surface area contributed by atoms with E-state index in [0.717, 1.165) is 12.8 Å². The van der Waals surface area contributed by atoms with E-state index in [9.17, 15) is 0 Å². The molecule has 0 aliphatic rings. The van der Waals surface area contributed by atoms with E-state index in [4.69, 9.17) is 18.9 Å². The molecule has 248 valence electrons. The zero-order valence-electron chi connectivity index (χ0n) is 31.7. The van der Waals surface area contributed by atoms with Gasteiger partial charge in [-0.05, 0) is 59.2 Å². The number of hydrogen-bond donors (Lipinski definition) is 0. The third-order valence-corrected chi connectivity index (χ3v) is 12.0. The summed E-state index contributed by atoms with van der Waals surface area (Å²) in [4.78, 5) is 0. The van der Waals surface area contributed by atoms with Crippen LogP contribution in [0.4, 0.5) is 0 Å². The average Bonchev–Trinajstić information content (AvgIpc) is 2.85. The van der Waals surface area contributed by atoms with Crippen LogP contribution in [0.5, 0.6) is 0 Å². The molecule has 0 rings (SSSR count). The Balaban J connectivity index is 9.50. The van der Waals surface area contributed by atoms with E-state index >= 15 is 0 Å². The van der Waals surface area contributed by atoms with Crippen LogP contribution in [-0.2, 0) is 18.9 Å². The van der Waals surface area contributed by atoms with Crippen molar-refractivity contribution < 1.29 is 18.9 Å². The number of rotatable bonds is 19. The van der Waals surface area contributed by atoms with Crippen LogP contribution in [-0.4, -0.2) is 45.9 Å². The molecule has 0 radical (unpaired) electrons. The zero-order valence-corrected chi connectivity index (χ0v) is 31.7. The third-order valence-electron chi connectivity index (χ3n) is 12.0. The molecule has 0 aliphatic heterocycles. The van der Waals surface area contributed by atoms with Crippen molar-refractivity contribution in [3.05, 3.63) is 0 Å². The monoisotopic (exact) mass is 585 g/mol. The summed E-state index contributed by atoms with van der Waals surface area (Å²) in [5.41, 5.74) is -1.53. The van der Waals surface area contributed by atoms with Gasteiger partial charge in [-0.3, -0.25) is 0 Å². The summed E-state index contributed by atoms with van der Waals surface area (Å²) in [5.74, 6) is 1.09. The molecule has 1 unspecified atom stereocenters. The second-order valence-electron chi connectivity index (χ2n) is 15.4. The average molecular weight is 585 g/mol. The number of hydrogen-bond acceptors (Lipinski definition) is 4. The van der Waals surface area contributed by atoms with Crippen molar-refractivity contribution in [2.75, 3.05) is 28.4 Å². The quantitative estimate of drug-likeness (QED) is 0.142. The maximum atomic E-state index is 7.11. The standard InChI is InChI=1S/C37H76O4/c1-22-23-32(38-18)37(40-20,41-21)35(28(10)11,29(12)13)33(24(2)3,25(4)5)34(26(6)7,27(8)9)36(39-19,30(14)15)31(16)17/h24-32H,22-23H2,1-21H3. The van der Waals surface area contributed by atoms with E-state index in [1.165, 1.54) is 0 Å². The van der Waals surface area contributed by atoms with E-state index in [0.29, 0.717) is 11.8 Å². The molecule has 4 heteroatoms. The van der Waals surface area contributed by atoms with Gasteiger partial charge in [-0.2, -0.15) is 0 Å². The smallest absolute Gasteiger partial charge is 0.201 e.